The number of carbonyl (C=O) groups excluding carboxylic acids is 1. The molecule has 188 valence electrons. The standard InChI is InChI=1S/C29H29N5O3/c30-16-19-4-1-8-23(12-19)29(36)32-24-9-3-6-21(14-24)25-15-26(27-17-31-10-11-37-27)34-28(33-25)22-7-2-5-20(13-22)18-35/h1-9,12-15,27,31,35H,10-11,16-18,30H2,(H,32,36). The number of nitrogens with two attached hydrogens (primary N) is 1. The van der Waals surface area contributed by atoms with Crippen molar-refractivity contribution in [3.8, 4) is 22.6 Å². The van der Waals surface area contributed by atoms with Crippen molar-refractivity contribution in [2.45, 2.75) is 19.3 Å². The minimum atomic E-state index is -0.209. The third-order valence-corrected chi connectivity index (χ3v) is 6.21. The molecule has 5 N–H and O–H groups in total. The topological polar surface area (TPSA) is 122 Å². The SMILES string of the molecule is NCc1cccc(C(=O)Nc2cccc(-c3cc(C4CNCCO4)nc(-c4cccc(CO)c4)n3)c2)c1. The molecule has 8 nitrogen and oxygen atoms in total. The van der Waals surface area contributed by atoms with Gasteiger partial charge in [0.1, 0.15) is 6.10 Å². The average Bonchev–Trinajstić information content (AvgIpc) is 2.97. The second kappa shape index (κ2) is 11.4. The highest BCUT2D eigenvalue weighted by Gasteiger charge is 2.20. The van der Waals surface area contributed by atoms with Gasteiger partial charge in [-0.05, 0) is 47.5 Å². The molecular formula is C29H29N5O3. The van der Waals surface area contributed by atoms with Crippen LogP contribution in [0.5, 0.6) is 0 Å². The number of nitrogens with one attached hydrogen (secondary N) is 2. The van der Waals surface area contributed by atoms with E-state index in [9.17, 15) is 9.90 Å². The Morgan fingerprint density at radius 1 is 1.00 bits per heavy atom. The molecule has 0 bridgehead atoms. The Balaban J connectivity index is 1.49. The summed E-state index contributed by atoms with van der Waals surface area (Å²) in [6.45, 7) is 2.37. The van der Waals surface area contributed by atoms with Crippen LogP contribution in [0.15, 0.2) is 78.9 Å². The fourth-order valence-electron chi connectivity index (χ4n) is 4.27. The first-order chi connectivity index (χ1) is 18.1. The number of carbonyl (C=O) groups is 1. The lowest BCUT2D eigenvalue weighted by atomic mass is 10.1. The molecule has 37 heavy (non-hydrogen) atoms. The number of nitrogens with zero attached hydrogens (tertiary/aromatic N) is 2. The Bertz CT molecular complexity index is 1400. The minimum absolute atomic E-state index is 0.0635. The van der Waals surface area contributed by atoms with Crippen LogP contribution in [-0.2, 0) is 17.9 Å². The number of morpholine rings is 1. The smallest absolute Gasteiger partial charge is 0.255 e. The molecule has 1 aliphatic rings. The van der Waals surface area contributed by atoms with E-state index in [1.54, 1.807) is 12.1 Å². The molecule has 0 aliphatic carbocycles. The molecule has 1 unspecified atom stereocenters. The van der Waals surface area contributed by atoms with Crippen LogP contribution >= 0.6 is 0 Å². The summed E-state index contributed by atoms with van der Waals surface area (Å²) in [7, 11) is 0. The lowest BCUT2D eigenvalue weighted by molar-refractivity contribution is 0.0250. The highest BCUT2D eigenvalue weighted by Crippen LogP contribution is 2.28. The summed E-state index contributed by atoms with van der Waals surface area (Å²) >= 11 is 0. The van der Waals surface area contributed by atoms with Crippen LogP contribution < -0.4 is 16.4 Å². The quantitative estimate of drug-likeness (QED) is 0.309. The molecule has 1 aromatic heterocycles. The summed E-state index contributed by atoms with van der Waals surface area (Å²) < 4.78 is 5.98. The molecular weight excluding hydrogens is 466 g/mol. The van der Waals surface area contributed by atoms with E-state index in [0.29, 0.717) is 42.5 Å². The van der Waals surface area contributed by atoms with Gasteiger partial charge in [0.05, 0.1) is 24.6 Å². The lowest BCUT2D eigenvalue weighted by Crippen LogP contribution is -2.33. The summed E-state index contributed by atoms with van der Waals surface area (Å²) in [4.78, 5) is 22.5. The molecule has 1 fully saturated rings. The number of aliphatic hydroxyl groups excluding tert-OH is 1. The van der Waals surface area contributed by atoms with E-state index < -0.39 is 0 Å². The van der Waals surface area contributed by atoms with Gasteiger partial charge < -0.3 is 26.2 Å². The van der Waals surface area contributed by atoms with Crippen molar-refractivity contribution in [1.82, 2.24) is 15.3 Å². The third kappa shape index (κ3) is 5.90. The van der Waals surface area contributed by atoms with Crippen LogP contribution in [0.3, 0.4) is 0 Å². The summed E-state index contributed by atoms with van der Waals surface area (Å²) in [5.74, 6) is 0.337. The Hall–Kier alpha value is -3.95. The van der Waals surface area contributed by atoms with E-state index >= 15 is 0 Å². The van der Waals surface area contributed by atoms with Gasteiger partial charge in [0.15, 0.2) is 5.82 Å². The maximum absolute atomic E-state index is 12.9. The van der Waals surface area contributed by atoms with Gasteiger partial charge in [-0.25, -0.2) is 9.97 Å². The number of hydrogen-bond donors (Lipinski definition) is 4. The van der Waals surface area contributed by atoms with E-state index in [1.807, 2.05) is 66.7 Å². The van der Waals surface area contributed by atoms with Gasteiger partial charge in [-0.2, -0.15) is 0 Å². The number of anilines is 1. The molecule has 8 heteroatoms. The molecule has 2 heterocycles. The van der Waals surface area contributed by atoms with Crippen LogP contribution in [-0.4, -0.2) is 40.7 Å². The van der Waals surface area contributed by atoms with Gasteiger partial charge in [-0.15, -0.1) is 0 Å². The predicted molar refractivity (Wildman–Crippen MR) is 143 cm³/mol. The van der Waals surface area contributed by atoms with Crippen LogP contribution in [0.2, 0.25) is 0 Å². The van der Waals surface area contributed by atoms with E-state index in [2.05, 4.69) is 10.6 Å². The molecule has 0 radical (unpaired) electrons. The zero-order valence-corrected chi connectivity index (χ0v) is 20.4. The average molecular weight is 496 g/mol. The number of rotatable bonds is 7. The minimum Gasteiger partial charge on any atom is -0.392 e. The van der Waals surface area contributed by atoms with Crippen LogP contribution in [0, 0.1) is 0 Å². The first-order valence-corrected chi connectivity index (χ1v) is 12.2. The molecule has 1 atom stereocenters. The lowest BCUT2D eigenvalue weighted by Gasteiger charge is -2.24. The Morgan fingerprint density at radius 3 is 2.62 bits per heavy atom. The highest BCUT2D eigenvalue weighted by molar-refractivity contribution is 6.04. The van der Waals surface area contributed by atoms with Crippen LogP contribution in [0.25, 0.3) is 22.6 Å². The van der Waals surface area contributed by atoms with E-state index in [0.717, 1.165) is 34.5 Å². The van der Waals surface area contributed by atoms with Crippen LogP contribution in [0.1, 0.15) is 33.3 Å². The van der Waals surface area contributed by atoms with Crippen LogP contribution in [0.4, 0.5) is 5.69 Å². The molecule has 1 saturated heterocycles. The normalized spacial score (nSPS) is 15.4. The predicted octanol–water partition coefficient (Wildman–Crippen LogP) is 3.67. The third-order valence-electron chi connectivity index (χ3n) is 6.21. The van der Waals surface area contributed by atoms with Gasteiger partial charge in [-0.3, -0.25) is 4.79 Å². The zero-order chi connectivity index (χ0) is 25.6. The van der Waals surface area contributed by atoms with Crippen molar-refractivity contribution in [3.05, 3.63) is 101 Å². The number of ether oxygens (including phenoxy) is 1. The molecule has 0 saturated carbocycles. The van der Waals surface area contributed by atoms with Crippen molar-refractivity contribution in [3.63, 3.8) is 0 Å². The molecule has 5 rings (SSSR count). The summed E-state index contributed by atoms with van der Waals surface area (Å²) in [5, 5.41) is 15.9. The molecule has 1 aliphatic heterocycles. The second-order valence-electron chi connectivity index (χ2n) is 8.86. The van der Waals surface area contributed by atoms with Gasteiger partial charge in [0.25, 0.3) is 5.91 Å². The van der Waals surface area contributed by atoms with Gasteiger partial charge >= 0.3 is 0 Å². The fourth-order valence-corrected chi connectivity index (χ4v) is 4.27. The number of aliphatic hydroxyl groups is 1. The zero-order valence-electron chi connectivity index (χ0n) is 20.4. The first kappa shape index (κ1) is 24.7. The highest BCUT2D eigenvalue weighted by atomic mass is 16.5. The van der Waals surface area contributed by atoms with E-state index in [4.69, 9.17) is 20.4 Å². The van der Waals surface area contributed by atoms with E-state index in [-0.39, 0.29) is 18.6 Å². The van der Waals surface area contributed by atoms with Crippen molar-refractivity contribution in [2.24, 2.45) is 5.73 Å². The van der Waals surface area contributed by atoms with Gasteiger partial charge in [0, 0.05) is 42.0 Å². The Kier molecular flexibility index (Phi) is 7.62. The number of amides is 1. The summed E-state index contributed by atoms with van der Waals surface area (Å²) in [6, 6.07) is 24.3. The molecule has 0 spiro atoms. The first-order valence-electron chi connectivity index (χ1n) is 12.2. The van der Waals surface area contributed by atoms with E-state index in [1.165, 1.54) is 0 Å². The molecule has 1 amide bonds. The van der Waals surface area contributed by atoms with Crippen molar-refractivity contribution >= 4 is 11.6 Å². The van der Waals surface area contributed by atoms with Gasteiger partial charge in [0.2, 0.25) is 0 Å². The van der Waals surface area contributed by atoms with Crippen molar-refractivity contribution < 1.29 is 14.6 Å². The largest absolute Gasteiger partial charge is 0.392 e. The number of aromatic nitrogens is 2. The molecule has 3 aromatic carbocycles. The summed E-state index contributed by atoms with van der Waals surface area (Å²) in [5.41, 5.74) is 11.7. The maximum atomic E-state index is 12.9. The number of benzene rings is 3. The van der Waals surface area contributed by atoms with Crippen molar-refractivity contribution in [1.29, 1.82) is 0 Å². The fraction of sp³-hybridized carbons (Fsp3) is 0.207. The Labute approximate surface area is 215 Å². The van der Waals surface area contributed by atoms with Gasteiger partial charge in [-0.1, -0.05) is 42.5 Å². The monoisotopic (exact) mass is 495 g/mol. The van der Waals surface area contributed by atoms with Crippen molar-refractivity contribution in [2.75, 3.05) is 25.0 Å². The second-order valence-corrected chi connectivity index (χ2v) is 8.86. The summed E-state index contributed by atoms with van der Waals surface area (Å²) in [6.07, 6.45) is -0.201. The number of hydrogen-bond acceptors (Lipinski definition) is 7. The Morgan fingerprint density at radius 2 is 1.81 bits per heavy atom. The maximum Gasteiger partial charge on any atom is 0.255 e. The molecule has 4 aromatic rings.